The molecule has 0 radical (unpaired) electrons. The third kappa shape index (κ3) is 3.64. The van der Waals surface area contributed by atoms with Gasteiger partial charge in [-0.3, -0.25) is 0 Å². The standard InChI is InChI=1S/C17H15BrN2O5S/c1-17(2)14(10-3-6-12(7-4-10)26(19,22)23)15(16(21)25-17)24-13-8-5-11(18)9-20-13/h3-9H,1-2H3,(H2,19,22,23). The minimum Gasteiger partial charge on any atom is -0.449 e. The summed E-state index contributed by atoms with van der Waals surface area (Å²) in [5.74, 6) is -0.380. The van der Waals surface area contributed by atoms with Crippen molar-refractivity contribution in [2.24, 2.45) is 5.14 Å². The van der Waals surface area contributed by atoms with Gasteiger partial charge in [0, 0.05) is 16.7 Å². The second kappa shape index (κ2) is 6.49. The predicted octanol–water partition coefficient (Wildman–Crippen LogP) is 2.62. The van der Waals surface area contributed by atoms with Crippen LogP contribution in [-0.2, 0) is 19.6 Å². The van der Waals surface area contributed by atoms with Crippen molar-refractivity contribution >= 4 is 37.5 Å². The second-order valence-corrected chi connectivity index (χ2v) is 8.57. The van der Waals surface area contributed by atoms with Crippen LogP contribution in [0.4, 0.5) is 0 Å². The second-order valence-electron chi connectivity index (χ2n) is 6.09. The molecular formula is C17H15BrN2O5S. The monoisotopic (exact) mass is 438 g/mol. The minimum atomic E-state index is -3.81. The number of sulfonamides is 1. The maximum Gasteiger partial charge on any atom is 0.375 e. The van der Waals surface area contributed by atoms with Gasteiger partial charge in [0.05, 0.1) is 10.5 Å². The predicted molar refractivity (Wildman–Crippen MR) is 97.5 cm³/mol. The van der Waals surface area contributed by atoms with Crippen molar-refractivity contribution in [2.75, 3.05) is 0 Å². The Balaban J connectivity index is 2.07. The molecule has 2 heterocycles. The van der Waals surface area contributed by atoms with E-state index in [2.05, 4.69) is 20.9 Å². The first-order chi connectivity index (χ1) is 12.1. The number of carbonyl (C=O) groups is 1. The first-order valence-electron chi connectivity index (χ1n) is 7.49. The molecule has 1 aromatic carbocycles. The van der Waals surface area contributed by atoms with Crippen molar-refractivity contribution in [3.05, 3.63) is 58.4 Å². The van der Waals surface area contributed by atoms with Crippen molar-refractivity contribution in [1.29, 1.82) is 0 Å². The van der Waals surface area contributed by atoms with Crippen LogP contribution in [0, 0.1) is 0 Å². The first-order valence-corrected chi connectivity index (χ1v) is 9.82. The van der Waals surface area contributed by atoms with Crippen molar-refractivity contribution in [3.8, 4) is 5.88 Å². The van der Waals surface area contributed by atoms with E-state index in [-0.39, 0.29) is 16.5 Å². The number of pyridine rings is 1. The van der Waals surface area contributed by atoms with Crippen LogP contribution in [0.3, 0.4) is 0 Å². The average Bonchev–Trinajstić information content (AvgIpc) is 2.77. The molecule has 0 saturated heterocycles. The highest BCUT2D eigenvalue weighted by Crippen LogP contribution is 2.40. The quantitative estimate of drug-likeness (QED) is 0.734. The van der Waals surface area contributed by atoms with E-state index in [4.69, 9.17) is 14.6 Å². The summed E-state index contributed by atoms with van der Waals surface area (Å²) in [5.41, 5.74) is 0.124. The summed E-state index contributed by atoms with van der Waals surface area (Å²) >= 11 is 3.28. The zero-order valence-corrected chi connectivity index (χ0v) is 16.3. The van der Waals surface area contributed by atoms with E-state index in [9.17, 15) is 13.2 Å². The normalized spacial score (nSPS) is 16.5. The SMILES string of the molecule is CC1(C)OC(=O)C(Oc2ccc(Br)cn2)=C1c1ccc(S(N)(=O)=O)cc1. The van der Waals surface area contributed by atoms with Crippen LogP contribution in [0.25, 0.3) is 5.57 Å². The Morgan fingerprint density at radius 3 is 2.35 bits per heavy atom. The number of carbonyl (C=O) groups excluding carboxylic acids is 1. The lowest BCUT2D eigenvalue weighted by Crippen LogP contribution is -2.22. The molecule has 0 amide bonds. The van der Waals surface area contributed by atoms with E-state index in [1.165, 1.54) is 12.1 Å². The molecule has 1 aliphatic rings. The molecule has 0 atom stereocenters. The van der Waals surface area contributed by atoms with Gasteiger partial charge in [0.25, 0.3) is 0 Å². The maximum atomic E-state index is 12.3. The van der Waals surface area contributed by atoms with Gasteiger partial charge in [0.15, 0.2) is 0 Å². The Labute approximate surface area is 159 Å². The van der Waals surface area contributed by atoms with Crippen molar-refractivity contribution in [1.82, 2.24) is 4.98 Å². The Kier molecular flexibility index (Phi) is 4.63. The number of hydrogen-bond acceptors (Lipinski definition) is 6. The fourth-order valence-corrected chi connectivity index (χ4v) is 3.36. The zero-order valence-electron chi connectivity index (χ0n) is 13.9. The van der Waals surface area contributed by atoms with Crippen LogP contribution in [-0.4, -0.2) is 25.0 Å². The number of esters is 1. The van der Waals surface area contributed by atoms with Gasteiger partial charge in [-0.1, -0.05) is 12.1 Å². The third-order valence-electron chi connectivity index (χ3n) is 3.74. The van der Waals surface area contributed by atoms with Crippen molar-refractivity contribution in [3.63, 3.8) is 0 Å². The highest BCUT2D eigenvalue weighted by Gasteiger charge is 2.43. The fraction of sp³-hybridized carbons (Fsp3) is 0.176. The Hall–Kier alpha value is -2.23. The summed E-state index contributed by atoms with van der Waals surface area (Å²) < 4.78 is 34.7. The third-order valence-corrected chi connectivity index (χ3v) is 5.14. The number of cyclic esters (lactones) is 1. The summed E-state index contributed by atoms with van der Waals surface area (Å²) in [4.78, 5) is 16.4. The Bertz CT molecular complexity index is 996. The molecule has 1 aliphatic heterocycles. The van der Waals surface area contributed by atoms with Crippen LogP contribution in [0.2, 0.25) is 0 Å². The maximum absolute atomic E-state index is 12.3. The molecule has 0 unspecified atom stereocenters. The molecule has 26 heavy (non-hydrogen) atoms. The highest BCUT2D eigenvalue weighted by atomic mass is 79.9. The summed E-state index contributed by atoms with van der Waals surface area (Å²) in [6, 6.07) is 9.18. The van der Waals surface area contributed by atoms with Crippen LogP contribution in [0.5, 0.6) is 5.88 Å². The van der Waals surface area contributed by atoms with Crippen molar-refractivity contribution < 1.29 is 22.7 Å². The molecule has 0 fully saturated rings. The molecule has 9 heteroatoms. The average molecular weight is 439 g/mol. The lowest BCUT2D eigenvalue weighted by molar-refractivity contribution is -0.145. The summed E-state index contributed by atoms with van der Waals surface area (Å²) in [6.45, 7) is 3.44. The zero-order chi connectivity index (χ0) is 19.1. The van der Waals surface area contributed by atoms with Gasteiger partial charge >= 0.3 is 5.97 Å². The summed E-state index contributed by atoms with van der Waals surface area (Å²) in [7, 11) is -3.81. The van der Waals surface area contributed by atoms with Crippen LogP contribution >= 0.6 is 15.9 Å². The van der Waals surface area contributed by atoms with Gasteiger partial charge < -0.3 is 9.47 Å². The number of primary sulfonamides is 1. The highest BCUT2D eigenvalue weighted by molar-refractivity contribution is 9.10. The van der Waals surface area contributed by atoms with Crippen LogP contribution < -0.4 is 9.88 Å². The summed E-state index contributed by atoms with van der Waals surface area (Å²) in [5, 5.41) is 5.12. The molecule has 136 valence electrons. The number of ether oxygens (including phenoxy) is 2. The molecule has 1 aromatic heterocycles. The molecule has 0 spiro atoms. The van der Waals surface area contributed by atoms with E-state index < -0.39 is 21.6 Å². The van der Waals surface area contributed by atoms with Gasteiger partial charge in [-0.2, -0.15) is 0 Å². The number of rotatable bonds is 4. The number of nitrogens with two attached hydrogens (primary N) is 1. The fourth-order valence-electron chi connectivity index (χ4n) is 2.61. The number of hydrogen-bond donors (Lipinski definition) is 1. The number of halogens is 1. The van der Waals surface area contributed by atoms with E-state index >= 15 is 0 Å². The number of benzene rings is 1. The van der Waals surface area contributed by atoms with E-state index in [1.807, 2.05) is 0 Å². The van der Waals surface area contributed by atoms with Crippen LogP contribution in [0.15, 0.2) is 57.7 Å². The summed E-state index contributed by atoms with van der Waals surface area (Å²) in [6.07, 6.45) is 1.54. The topological polar surface area (TPSA) is 109 Å². The minimum absolute atomic E-state index is 0.00757. The molecular weight excluding hydrogens is 424 g/mol. The van der Waals surface area contributed by atoms with Gasteiger partial charge in [-0.25, -0.2) is 23.3 Å². The van der Waals surface area contributed by atoms with Crippen LogP contribution in [0.1, 0.15) is 19.4 Å². The molecule has 2 aromatic rings. The van der Waals surface area contributed by atoms with Gasteiger partial charge in [0.2, 0.25) is 21.7 Å². The van der Waals surface area contributed by atoms with Gasteiger partial charge in [-0.15, -0.1) is 0 Å². The van der Waals surface area contributed by atoms with Crippen molar-refractivity contribution in [2.45, 2.75) is 24.3 Å². The Morgan fingerprint density at radius 2 is 1.81 bits per heavy atom. The van der Waals surface area contributed by atoms with E-state index in [1.54, 1.807) is 44.3 Å². The lowest BCUT2D eigenvalue weighted by Gasteiger charge is -2.21. The molecule has 0 bridgehead atoms. The molecule has 3 rings (SSSR count). The molecule has 0 aliphatic carbocycles. The number of aromatic nitrogens is 1. The molecule has 2 N–H and O–H groups in total. The van der Waals surface area contributed by atoms with Gasteiger partial charge in [-0.05, 0) is 53.5 Å². The van der Waals surface area contributed by atoms with E-state index in [0.29, 0.717) is 11.1 Å². The smallest absolute Gasteiger partial charge is 0.375 e. The lowest BCUT2D eigenvalue weighted by atomic mass is 9.92. The van der Waals surface area contributed by atoms with Gasteiger partial charge in [0.1, 0.15) is 5.60 Å². The number of nitrogens with zero attached hydrogens (tertiary/aromatic N) is 1. The Morgan fingerprint density at radius 1 is 1.15 bits per heavy atom. The molecule has 0 saturated carbocycles. The first kappa shape index (κ1) is 18.6. The largest absolute Gasteiger partial charge is 0.449 e. The van der Waals surface area contributed by atoms with E-state index in [0.717, 1.165) is 4.47 Å². The molecule has 7 nitrogen and oxygen atoms in total.